The fourth-order valence-corrected chi connectivity index (χ4v) is 2.62. The lowest BCUT2D eigenvalue weighted by Gasteiger charge is -2.31. The number of ether oxygens (including phenoxy) is 2. The maximum Gasteiger partial charge on any atom is 0.336 e. The van der Waals surface area contributed by atoms with Crippen LogP contribution >= 0.6 is 0 Å². The van der Waals surface area contributed by atoms with Gasteiger partial charge in [-0.05, 0) is 43.2 Å². The van der Waals surface area contributed by atoms with E-state index in [-0.39, 0.29) is 18.5 Å². The molecule has 5 nitrogen and oxygen atoms in total. The number of rotatable bonds is 4. The zero-order chi connectivity index (χ0) is 17.3. The molecule has 24 heavy (non-hydrogen) atoms. The molecule has 0 saturated carbocycles. The Balaban J connectivity index is 1.83. The summed E-state index contributed by atoms with van der Waals surface area (Å²) in [4.78, 5) is 23.2. The van der Waals surface area contributed by atoms with E-state index >= 15 is 0 Å². The molecule has 1 aromatic heterocycles. The molecule has 0 fully saturated rings. The molecule has 0 aliphatic carbocycles. The Bertz CT molecular complexity index is 862. The van der Waals surface area contributed by atoms with Gasteiger partial charge < -0.3 is 13.9 Å². The summed E-state index contributed by atoms with van der Waals surface area (Å²) >= 11 is 0. The molecule has 3 rings (SSSR count). The van der Waals surface area contributed by atoms with E-state index in [9.17, 15) is 9.59 Å². The first-order valence-electron chi connectivity index (χ1n) is 7.97. The fourth-order valence-electron chi connectivity index (χ4n) is 2.62. The molecule has 0 spiro atoms. The van der Waals surface area contributed by atoms with E-state index in [2.05, 4.69) is 0 Å². The van der Waals surface area contributed by atoms with Crippen LogP contribution in [0.3, 0.4) is 0 Å². The van der Waals surface area contributed by atoms with Gasteiger partial charge in [0.1, 0.15) is 17.9 Å². The summed E-state index contributed by atoms with van der Waals surface area (Å²) in [5.41, 5.74) is 0.0640. The van der Waals surface area contributed by atoms with E-state index in [1.165, 1.54) is 6.07 Å². The van der Waals surface area contributed by atoms with E-state index in [0.29, 0.717) is 17.8 Å². The van der Waals surface area contributed by atoms with Gasteiger partial charge in [0.15, 0.2) is 5.60 Å². The first-order chi connectivity index (χ1) is 11.4. The molecule has 0 radical (unpaired) electrons. The molecular weight excluding hydrogens is 308 g/mol. The Kier molecular flexibility index (Phi) is 4.18. The van der Waals surface area contributed by atoms with Crippen molar-refractivity contribution in [2.45, 2.75) is 32.8 Å². The van der Waals surface area contributed by atoms with Crippen LogP contribution in [0, 0.1) is 5.92 Å². The van der Waals surface area contributed by atoms with Crippen LogP contribution in [0.4, 0.5) is 0 Å². The number of benzene rings is 1. The van der Waals surface area contributed by atoms with Crippen molar-refractivity contribution in [3.63, 3.8) is 0 Å². The van der Waals surface area contributed by atoms with Crippen molar-refractivity contribution in [2.75, 3.05) is 6.61 Å². The number of fused-ring (bicyclic) bond motifs is 3. The zero-order valence-electron chi connectivity index (χ0n) is 14.0. The molecule has 0 N–H and O–H groups in total. The molecule has 1 aliphatic rings. The van der Waals surface area contributed by atoms with Gasteiger partial charge in [0.25, 0.3) is 0 Å². The predicted octanol–water partition coefficient (Wildman–Crippen LogP) is 3.55. The van der Waals surface area contributed by atoms with E-state index in [0.717, 1.165) is 10.9 Å². The summed E-state index contributed by atoms with van der Waals surface area (Å²) in [5.74, 6) is 0.614. The quantitative estimate of drug-likeness (QED) is 0.634. The van der Waals surface area contributed by atoms with E-state index in [1.54, 1.807) is 6.07 Å². The van der Waals surface area contributed by atoms with Crippen LogP contribution in [-0.4, -0.2) is 18.2 Å². The van der Waals surface area contributed by atoms with E-state index in [4.69, 9.17) is 13.9 Å². The lowest BCUT2D eigenvalue weighted by Crippen LogP contribution is -2.38. The number of hydrogen-bond acceptors (Lipinski definition) is 5. The maximum atomic E-state index is 11.7. The highest BCUT2D eigenvalue weighted by molar-refractivity contribution is 5.89. The third-order valence-electron chi connectivity index (χ3n) is 3.83. The van der Waals surface area contributed by atoms with Gasteiger partial charge in [0.2, 0.25) is 0 Å². The molecular formula is C19H20O5. The standard InChI is InChI=1S/C19H20O5/c1-12(2)10-17(21)22-11-19(3)9-8-14-15(24-19)6-4-13-5-7-16(20)23-18(13)14/h4-9,12H,10-11H2,1-3H3/t19-/m1/s1. The normalized spacial score (nSPS) is 19.2. The molecule has 0 bridgehead atoms. The second-order valence-corrected chi connectivity index (χ2v) is 6.66. The average Bonchev–Trinajstić information content (AvgIpc) is 2.52. The number of hydrogen-bond donors (Lipinski definition) is 0. The highest BCUT2D eigenvalue weighted by Crippen LogP contribution is 2.35. The molecule has 2 aromatic rings. The number of carbonyl (C=O) groups is 1. The minimum Gasteiger partial charge on any atom is -0.479 e. The Morgan fingerprint density at radius 1 is 1.25 bits per heavy atom. The van der Waals surface area contributed by atoms with Crippen molar-refractivity contribution in [1.82, 2.24) is 0 Å². The maximum absolute atomic E-state index is 11.7. The molecule has 126 valence electrons. The summed E-state index contributed by atoms with van der Waals surface area (Å²) in [6, 6.07) is 6.77. The summed E-state index contributed by atoms with van der Waals surface area (Å²) in [7, 11) is 0. The van der Waals surface area contributed by atoms with Crippen molar-refractivity contribution in [2.24, 2.45) is 5.92 Å². The molecule has 1 aliphatic heterocycles. The summed E-state index contributed by atoms with van der Waals surface area (Å²) in [5, 5.41) is 0.827. The van der Waals surface area contributed by atoms with Crippen LogP contribution in [-0.2, 0) is 9.53 Å². The van der Waals surface area contributed by atoms with E-state index in [1.807, 2.05) is 45.1 Å². The second kappa shape index (κ2) is 6.15. The van der Waals surface area contributed by atoms with Gasteiger partial charge in [0.05, 0.1) is 5.56 Å². The summed E-state index contributed by atoms with van der Waals surface area (Å²) in [6.45, 7) is 5.91. The topological polar surface area (TPSA) is 65.7 Å². The highest BCUT2D eigenvalue weighted by atomic mass is 16.6. The Morgan fingerprint density at radius 3 is 2.75 bits per heavy atom. The summed E-state index contributed by atoms with van der Waals surface area (Å²) < 4.78 is 16.6. The Morgan fingerprint density at radius 2 is 2.00 bits per heavy atom. The van der Waals surface area contributed by atoms with E-state index < -0.39 is 11.2 Å². The molecule has 2 heterocycles. The molecule has 1 atom stereocenters. The van der Waals surface area contributed by atoms with Crippen molar-refractivity contribution < 1.29 is 18.7 Å². The van der Waals surface area contributed by atoms with Gasteiger partial charge in [-0.1, -0.05) is 13.8 Å². The second-order valence-electron chi connectivity index (χ2n) is 6.66. The average molecular weight is 328 g/mol. The van der Waals surface area contributed by atoms with Crippen molar-refractivity contribution in [3.8, 4) is 5.75 Å². The van der Waals surface area contributed by atoms with Crippen LogP contribution in [0.25, 0.3) is 17.0 Å². The number of carbonyl (C=O) groups excluding carboxylic acids is 1. The molecule has 5 heteroatoms. The fraction of sp³-hybridized carbons (Fsp3) is 0.368. The molecule has 0 amide bonds. The third-order valence-corrected chi connectivity index (χ3v) is 3.83. The smallest absolute Gasteiger partial charge is 0.336 e. The first kappa shape index (κ1) is 16.3. The van der Waals surface area contributed by atoms with Crippen molar-refractivity contribution in [3.05, 3.63) is 46.3 Å². The van der Waals surface area contributed by atoms with Crippen LogP contribution in [0.1, 0.15) is 32.8 Å². The van der Waals surface area contributed by atoms with Gasteiger partial charge in [-0.3, -0.25) is 4.79 Å². The Hall–Kier alpha value is -2.56. The first-order valence-corrected chi connectivity index (χ1v) is 7.97. The third kappa shape index (κ3) is 3.35. The van der Waals surface area contributed by atoms with Gasteiger partial charge >= 0.3 is 11.6 Å². The van der Waals surface area contributed by atoms with Crippen LogP contribution in [0.15, 0.2) is 39.6 Å². The molecule has 0 saturated heterocycles. The van der Waals surface area contributed by atoms with Gasteiger partial charge in [-0.25, -0.2) is 4.79 Å². The Labute approximate surface area is 139 Å². The van der Waals surface area contributed by atoms with Gasteiger partial charge in [-0.15, -0.1) is 0 Å². The predicted molar refractivity (Wildman–Crippen MR) is 91.0 cm³/mol. The molecule has 0 unspecified atom stereocenters. The zero-order valence-corrected chi connectivity index (χ0v) is 14.0. The van der Waals surface area contributed by atoms with Crippen LogP contribution < -0.4 is 10.4 Å². The highest BCUT2D eigenvalue weighted by Gasteiger charge is 2.30. The SMILES string of the molecule is CC(C)CC(=O)OC[C@@]1(C)C=Cc2c(ccc3ccc(=O)oc23)O1. The minimum absolute atomic E-state index is 0.130. The lowest BCUT2D eigenvalue weighted by atomic mass is 9.99. The van der Waals surface area contributed by atoms with Gasteiger partial charge in [0, 0.05) is 17.9 Å². The lowest BCUT2D eigenvalue weighted by molar-refractivity contribution is -0.148. The van der Waals surface area contributed by atoms with Crippen molar-refractivity contribution in [1.29, 1.82) is 0 Å². The minimum atomic E-state index is -0.748. The van der Waals surface area contributed by atoms with Crippen LogP contribution in [0.2, 0.25) is 0 Å². The number of esters is 1. The molecule has 1 aromatic carbocycles. The summed E-state index contributed by atoms with van der Waals surface area (Å²) in [6.07, 6.45) is 4.05. The van der Waals surface area contributed by atoms with Gasteiger partial charge in [-0.2, -0.15) is 0 Å². The monoisotopic (exact) mass is 328 g/mol. The van der Waals surface area contributed by atoms with Crippen molar-refractivity contribution >= 4 is 23.0 Å². The largest absolute Gasteiger partial charge is 0.479 e. The van der Waals surface area contributed by atoms with Crippen LogP contribution in [0.5, 0.6) is 5.75 Å².